The summed E-state index contributed by atoms with van der Waals surface area (Å²) in [6, 6.07) is 7.22. The van der Waals surface area contributed by atoms with Crippen molar-refractivity contribution in [1.29, 1.82) is 0 Å². The third-order valence-electron chi connectivity index (χ3n) is 4.73. The van der Waals surface area contributed by atoms with Gasteiger partial charge in [0.05, 0.1) is 22.6 Å². The minimum Gasteiger partial charge on any atom is -0.455 e. The normalized spacial score (nSPS) is 24.4. The zero-order valence-corrected chi connectivity index (χ0v) is 18.0. The molecule has 0 aromatic heterocycles. The fourth-order valence-corrected chi connectivity index (χ4v) is 4.24. The lowest BCUT2D eigenvalue weighted by Gasteiger charge is -2.33. The molecule has 6 nitrogen and oxygen atoms in total. The van der Waals surface area contributed by atoms with Crippen molar-refractivity contribution in [2.75, 3.05) is 10.7 Å². The highest BCUT2D eigenvalue weighted by molar-refractivity contribution is 7.99. The monoisotopic (exact) mass is 405 g/mol. The maximum absolute atomic E-state index is 13.3. The van der Waals surface area contributed by atoms with E-state index in [9.17, 15) is 14.4 Å². The molecule has 2 heterocycles. The molecule has 1 aromatic rings. The van der Waals surface area contributed by atoms with Crippen LogP contribution in [0, 0.1) is 10.8 Å². The van der Waals surface area contributed by atoms with Crippen molar-refractivity contribution in [2.24, 2.45) is 10.8 Å². The first-order valence-corrected chi connectivity index (χ1v) is 10.4. The quantitative estimate of drug-likeness (QED) is 0.702. The molecular formula is C21H27NO5S. The van der Waals surface area contributed by atoms with Crippen molar-refractivity contribution in [3.8, 4) is 0 Å². The molecule has 28 heavy (non-hydrogen) atoms. The highest BCUT2D eigenvalue weighted by atomic mass is 32.2. The molecule has 0 unspecified atom stereocenters. The van der Waals surface area contributed by atoms with Crippen LogP contribution in [-0.2, 0) is 23.9 Å². The highest BCUT2D eigenvalue weighted by Gasteiger charge is 2.56. The van der Waals surface area contributed by atoms with Crippen LogP contribution in [0.25, 0.3) is 0 Å². The second kappa shape index (κ2) is 7.10. The number of amides is 1. The van der Waals surface area contributed by atoms with Gasteiger partial charge in [0, 0.05) is 10.6 Å². The maximum atomic E-state index is 13.3. The summed E-state index contributed by atoms with van der Waals surface area (Å²) >= 11 is 1.61. The molecule has 0 spiro atoms. The summed E-state index contributed by atoms with van der Waals surface area (Å²) < 4.78 is 11.4. The van der Waals surface area contributed by atoms with Crippen LogP contribution in [-0.4, -0.2) is 41.8 Å². The first-order valence-electron chi connectivity index (χ1n) is 9.38. The number of benzene rings is 1. The van der Waals surface area contributed by atoms with Gasteiger partial charge in [0.15, 0.2) is 6.10 Å². The number of carbonyl (C=O) groups excluding carboxylic acids is 3. The number of ether oxygens (including phenoxy) is 2. The van der Waals surface area contributed by atoms with Gasteiger partial charge in [-0.1, -0.05) is 12.1 Å². The van der Waals surface area contributed by atoms with E-state index in [1.165, 1.54) is 0 Å². The molecule has 3 rings (SSSR count). The Morgan fingerprint density at radius 2 is 1.57 bits per heavy atom. The molecule has 1 fully saturated rings. The van der Waals surface area contributed by atoms with Crippen LogP contribution in [0.1, 0.15) is 41.5 Å². The van der Waals surface area contributed by atoms with Crippen molar-refractivity contribution in [1.82, 2.24) is 0 Å². The lowest BCUT2D eigenvalue weighted by molar-refractivity contribution is -0.177. The van der Waals surface area contributed by atoms with Crippen LogP contribution in [0.5, 0.6) is 0 Å². The molecule has 0 bridgehead atoms. The first kappa shape index (κ1) is 20.7. The Balaban J connectivity index is 1.97. The highest BCUT2D eigenvalue weighted by Crippen LogP contribution is 2.43. The molecule has 0 N–H and O–H groups in total. The zero-order valence-electron chi connectivity index (χ0n) is 17.1. The molecule has 1 amide bonds. The van der Waals surface area contributed by atoms with Gasteiger partial charge >= 0.3 is 11.9 Å². The molecule has 7 heteroatoms. The van der Waals surface area contributed by atoms with Gasteiger partial charge in [-0.05, 0) is 53.7 Å². The minimum absolute atomic E-state index is 0.345. The number of thioether (sulfide) groups is 1. The average molecular weight is 406 g/mol. The van der Waals surface area contributed by atoms with Gasteiger partial charge in [-0.3, -0.25) is 14.4 Å². The number of carbonyl (C=O) groups is 3. The number of rotatable bonds is 2. The zero-order chi connectivity index (χ0) is 20.9. The third-order valence-corrected chi connectivity index (χ3v) is 5.89. The van der Waals surface area contributed by atoms with E-state index in [0.29, 0.717) is 5.75 Å². The SMILES string of the molecule is CC(C)(C)C(=O)O[C@H]1[C@@H](OC(=O)C(C)(C)C)C(=O)N2c3ccccc3SC[C@@H]12. The van der Waals surface area contributed by atoms with E-state index >= 15 is 0 Å². The van der Waals surface area contributed by atoms with E-state index in [0.717, 1.165) is 10.6 Å². The minimum atomic E-state index is -1.14. The summed E-state index contributed by atoms with van der Waals surface area (Å²) in [4.78, 5) is 41.0. The summed E-state index contributed by atoms with van der Waals surface area (Å²) in [5.74, 6) is -0.702. The average Bonchev–Trinajstić information content (AvgIpc) is 2.86. The van der Waals surface area contributed by atoms with E-state index in [4.69, 9.17) is 9.47 Å². The molecular weight excluding hydrogens is 378 g/mol. The van der Waals surface area contributed by atoms with Gasteiger partial charge in [-0.2, -0.15) is 0 Å². The lowest BCUT2D eigenvalue weighted by Crippen LogP contribution is -2.45. The fourth-order valence-electron chi connectivity index (χ4n) is 3.06. The molecule has 3 atom stereocenters. The van der Waals surface area contributed by atoms with Crippen LogP contribution in [0.3, 0.4) is 0 Å². The number of hydrogen-bond donors (Lipinski definition) is 0. The molecule has 2 aliphatic heterocycles. The second-order valence-electron chi connectivity index (χ2n) is 9.25. The van der Waals surface area contributed by atoms with Gasteiger partial charge in [-0.15, -0.1) is 11.8 Å². The van der Waals surface area contributed by atoms with Crippen LogP contribution in [0.4, 0.5) is 5.69 Å². The maximum Gasteiger partial charge on any atom is 0.312 e. The van der Waals surface area contributed by atoms with Crippen molar-refractivity contribution in [2.45, 2.75) is 64.7 Å². The Bertz CT molecular complexity index is 808. The van der Waals surface area contributed by atoms with E-state index in [1.807, 2.05) is 24.3 Å². The van der Waals surface area contributed by atoms with Gasteiger partial charge in [0.1, 0.15) is 0 Å². The Labute approximate surface area is 169 Å². The summed E-state index contributed by atoms with van der Waals surface area (Å²) in [5.41, 5.74) is -0.733. The van der Waals surface area contributed by atoms with Gasteiger partial charge in [-0.25, -0.2) is 0 Å². The summed E-state index contributed by atoms with van der Waals surface area (Å²) in [6.07, 6.45) is -1.99. The van der Waals surface area contributed by atoms with Gasteiger partial charge in [0.2, 0.25) is 6.10 Å². The first-order chi connectivity index (χ1) is 12.9. The van der Waals surface area contributed by atoms with Crippen LogP contribution in [0.15, 0.2) is 29.2 Å². The number of esters is 2. The molecule has 1 saturated heterocycles. The predicted octanol–water partition coefficient (Wildman–Crippen LogP) is 3.42. The number of para-hydroxylation sites is 1. The van der Waals surface area contributed by atoms with E-state index in [2.05, 4.69) is 0 Å². The standard InChI is InChI=1S/C21H27NO5S/c1-20(2,3)18(24)26-15-13-11-28-14-10-8-7-9-12(14)22(13)17(23)16(15)27-19(25)21(4,5)6/h7-10,13,15-16H,11H2,1-6H3/t13-,15+,16+/m0/s1. The summed E-state index contributed by atoms with van der Waals surface area (Å²) in [6.45, 7) is 10.4. The second-order valence-corrected chi connectivity index (χ2v) is 10.3. The Morgan fingerprint density at radius 1 is 1.00 bits per heavy atom. The number of nitrogens with zero attached hydrogens (tertiary/aromatic N) is 1. The topological polar surface area (TPSA) is 72.9 Å². The van der Waals surface area contributed by atoms with Crippen LogP contribution in [0.2, 0.25) is 0 Å². The molecule has 0 radical (unpaired) electrons. The third kappa shape index (κ3) is 3.77. The molecule has 1 aromatic carbocycles. The summed E-state index contributed by atoms with van der Waals surface area (Å²) in [7, 11) is 0. The Morgan fingerprint density at radius 3 is 2.18 bits per heavy atom. The molecule has 152 valence electrons. The predicted molar refractivity (Wildman–Crippen MR) is 107 cm³/mol. The summed E-state index contributed by atoms with van der Waals surface area (Å²) in [5, 5.41) is 0. The van der Waals surface area contributed by atoms with Crippen molar-refractivity contribution in [3.63, 3.8) is 0 Å². The molecule has 0 saturated carbocycles. The largest absolute Gasteiger partial charge is 0.455 e. The van der Waals surface area contributed by atoms with Crippen molar-refractivity contribution in [3.05, 3.63) is 24.3 Å². The van der Waals surface area contributed by atoms with E-state index < -0.39 is 35.0 Å². The Kier molecular flexibility index (Phi) is 5.25. The molecule has 0 aliphatic carbocycles. The smallest absolute Gasteiger partial charge is 0.312 e. The van der Waals surface area contributed by atoms with Crippen molar-refractivity contribution < 1.29 is 23.9 Å². The number of anilines is 1. The van der Waals surface area contributed by atoms with Gasteiger partial charge < -0.3 is 14.4 Å². The Hall–Kier alpha value is -2.02. The van der Waals surface area contributed by atoms with Crippen LogP contribution >= 0.6 is 11.8 Å². The van der Waals surface area contributed by atoms with E-state index in [1.54, 1.807) is 58.2 Å². The lowest BCUT2D eigenvalue weighted by atomic mass is 9.96. The van der Waals surface area contributed by atoms with Crippen LogP contribution < -0.4 is 4.90 Å². The number of fused-ring (bicyclic) bond motifs is 3. The van der Waals surface area contributed by atoms with Crippen molar-refractivity contribution >= 4 is 35.3 Å². The number of hydrogen-bond acceptors (Lipinski definition) is 6. The molecule has 2 aliphatic rings. The van der Waals surface area contributed by atoms with Gasteiger partial charge in [0.25, 0.3) is 5.91 Å². The van der Waals surface area contributed by atoms with E-state index in [-0.39, 0.29) is 11.9 Å². The fraction of sp³-hybridized carbons (Fsp3) is 0.571.